The van der Waals surface area contributed by atoms with Gasteiger partial charge in [0, 0.05) is 19.6 Å². The van der Waals surface area contributed by atoms with Gasteiger partial charge in [-0.05, 0) is 17.7 Å². The molecule has 0 saturated carbocycles. The van der Waals surface area contributed by atoms with Crippen molar-refractivity contribution in [3.8, 4) is 5.75 Å². The second-order valence-electron chi connectivity index (χ2n) is 5.95. The highest BCUT2D eigenvalue weighted by molar-refractivity contribution is 5.85. The smallest absolute Gasteiger partial charge is 0.249 e. The molecule has 0 aliphatic carbocycles. The van der Waals surface area contributed by atoms with Crippen LogP contribution in [0, 0.1) is 0 Å². The summed E-state index contributed by atoms with van der Waals surface area (Å²) in [6, 6.07) is 7.79. The lowest BCUT2D eigenvalue weighted by Gasteiger charge is -2.35. The van der Waals surface area contributed by atoms with Crippen molar-refractivity contribution in [2.75, 3.05) is 33.4 Å². The van der Waals surface area contributed by atoms with Gasteiger partial charge in [0.25, 0.3) is 0 Å². The monoisotopic (exact) mass is 319 g/mol. The number of carbonyl (C=O) groups is 2. The maximum Gasteiger partial charge on any atom is 0.249 e. The van der Waals surface area contributed by atoms with Crippen molar-refractivity contribution in [2.45, 2.75) is 18.7 Å². The predicted molar refractivity (Wildman–Crippen MR) is 82.7 cm³/mol. The Labute approximate surface area is 134 Å². The molecule has 3 rings (SSSR count). The standard InChI is InChI=1S/C16H21N3O4/c1-22-12-4-2-11(3-5-12)6-18-7-13-14(8-18)23-10-16(21)19(13)9-15(17)20/h2-5,13-14H,6-10H2,1H3,(H2,17,20). The molecular weight excluding hydrogens is 298 g/mol. The Bertz CT molecular complexity index is 589. The van der Waals surface area contributed by atoms with Gasteiger partial charge in [0.05, 0.1) is 25.8 Å². The van der Waals surface area contributed by atoms with Gasteiger partial charge in [-0.3, -0.25) is 14.5 Å². The molecule has 0 bridgehead atoms. The van der Waals surface area contributed by atoms with E-state index in [1.165, 1.54) is 0 Å². The first-order valence-electron chi connectivity index (χ1n) is 7.61. The molecule has 2 unspecified atom stereocenters. The van der Waals surface area contributed by atoms with Gasteiger partial charge in [0.1, 0.15) is 12.4 Å². The van der Waals surface area contributed by atoms with Crippen molar-refractivity contribution < 1.29 is 19.1 Å². The topological polar surface area (TPSA) is 85.1 Å². The first kappa shape index (κ1) is 15.8. The molecule has 7 heteroatoms. The number of hydrogen-bond donors (Lipinski definition) is 1. The van der Waals surface area contributed by atoms with Crippen LogP contribution in [0.4, 0.5) is 0 Å². The minimum Gasteiger partial charge on any atom is -0.497 e. The van der Waals surface area contributed by atoms with Crippen LogP contribution in [0.25, 0.3) is 0 Å². The van der Waals surface area contributed by atoms with Crippen LogP contribution < -0.4 is 10.5 Å². The van der Waals surface area contributed by atoms with Crippen LogP contribution in [0.1, 0.15) is 5.56 Å². The van der Waals surface area contributed by atoms with E-state index in [0.29, 0.717) is 6.54 Å². The number of benzene rings is 1. The number of amides is 2. The summed E-state index contributed by atoms with van der Waals surface area (Å²) in [6.07, 6.45) is -0.0645. The Hall–Kier alpha value is -2.12. The van der Waals surface area contributed by atoms with Crippen LogP contribution in [0.3, 0.4) is 0 Å². The number of ether oxygens (including phenoxy) is 2. The molecule has 0 spiro atoms. The predicted octanol–water partition coefficient (Wildman–Crippen LogP) is -0.408. The van der Waals surface area contributed by atoms with E-state index in [0.717, 1.165) is 24.4 Å². The van der Waals surface area contributed by atoms with Gasteiger partial charge in [-0.1, -0.05) is 12.1 Å². The molecule has 2 N–H and O–H groups in total. The number of methoxy groups -OCH3 is 1. The van der Waals surface area contributed by atoms with E-state index in [2.05, 4.69) is 4.90 Å². The first-order valence-corrected chi connectivity index (χ1v) is 7.61. The molecule has 0 aromatic heterocycles. The Kier molecular flexibility index (Phi) is 4.49. The third kappa shape index (κ3) is 3.46. The van der Waals surface area contributed by atoms with Gasteiger partial charge in [-0.25, -0.2) is 0 Å². The quantitative estimate of drug-likeness (QED) is 0.798. The summed E-state index contributed by atoms with van der Waals surface area (Å²) in [4.78, 5) is 27.0. The van der Waals surface area contributed by atoms with E-state index >= 15 is 0 Å². The summed E-state index contributed by atoms with van der Waals surface area (Å²) < 4.78 is 10.8. The van der Waals surface area contributed by atoms with Crippen molar-refractivity contribution in [2.24, 2.45) is 5.73 Å². The van der Waals surface area contributed by atoms with E-state index < -0.39 is 5.91 Å². The van der Waals surface area contributed by atoms with Gasteiger partial charge in [-0.2, -0.15) is 0 Å². The summed E-state index contributed by atoms with van der Waals surface area (Å²) in [6.45, 7) is 2.15. The minimum absolute atomic E-state index is 0.0187. The lowest BCUT2D eigenvalue weighted by Crippen LogP contribution is -2.56. The van der Waals surface area contributed by atoms with E-state index in [4.69, 9.17) is 15.2 Å². The summed E-state index contributed by atoms with van der Waals surface area (Å²) in [5.41, 5.74) is 6.42. The molecule has 23 heavy (non-hydrogen) atoms. The zero-order valence-electron chi connectivity index (χ0n) is 13.1. The Morgan fingerprint density at radius 3 is 2.74 bits per heavy atom. The fourth-order valence-corrected chi connectivity index (χ4v) is 3.23. The highest BCUT2D eigenvalue weighted by Gasteiger charge is 2.43. The molecule has 1 aromatic rings. The number of nitrogens with two attached hydrogens (primary N) is 1. The van der Waals surface area contributed by atoms with Gasteiger partial charge in [-0.15, -0.1) is 0 Å². The van der Waals surface area contributed by atoms with Crippen LogP contribution in [0.2, 0.25) is 0 Å². The fourth-order valence-electron chi connectivity index (χ4n) is 3.23. The zero-order chi connectivity index (χ0) is 16.4. The van der Waals surface area contributed by atoms with Crippen LogP contribution in [-0.2, 0) is 20.9 Å². The molecule has 2 fully saturated rings. The zero-order valence-corrected chi connectivity index (χ0v) is 13.1. The molecule has 2 atom stereocenters. The van der Waals surface area contributed by atoms with Crippen molar-refractivity contribution >= 4 is 11.8 Å². The summed E-state index contributed by atoms with van der Waals surface area (Å²) in [7, 11) is 1.64. The van der Waals surface area contributed by atoms with Crippen molar-refractivity contribution in [3.63, 3.8) is 0 Å². The van der Waals surface area contributed by atoms with E-state index in [1.807, 2.05) is 24.3 Å². The average Bonchev–Trinajstić information content (AvgIpc) is 2.93. The van der Waals surface area contributed by atoms with Crippen LogP contribution in [0.5, 0.6) is 5.75 Å². The van der Waals surface area contributed by atoms with Crippen molar-refractivity contribution in [1.82, 2.24) is 9.80 Å². The number of nitrogens with zero attached hydrogens (tertiary/aromatic N) is 2. The Balaban J connectivity index is 1.65. The molecule has 2 heterocycles. The molecule has 2 aliphatic heterocycles. The highest BCUT2D eigenvalue weighted by Crippen LogP contribution is 2.25. The third-order valence-corrected chi connectivity index (χ3v) is 4.35. The summed E-state index contributed by atoms with van der Waals surface area (Å²) in [5, 5.41) is 0. The average molecular weight is 319 g/mol. The number of morpholine rings is 1. The number of hydrogen-bond acceptors (Lipinski definition) is 5. The van der Waals surface area contributed by atoms with Crippen LogP contribution in [-0.4, -0.2) is 67.1 Å². The normalized spacial score (nSPS) is 24.6. The largest absolute Gasteiger partial charge is 0.497 e. The van der Waals surface area contributed by atoms with Crippen LogP contribution >= 0.6 is 0 Å². The van der Waals surface area contributed by atoms with E-state index in [9.17, 15) is 9.59 Å². The molecule has 124 valence electrons. The third-order valence-electron chi connectivity index (χ3n) is 4.35. The molecule has 0 radical (unpaired) electrons. The number of rotatable bonds is 5. The molecule has 2 amide bonds. The summed E-state index contributed by atoms with van der Waals surface area (Å²) >= 11 is 0. The number of fused-ring (bicyclic) bond motifs is 1. The molecule has 2 saturated heterocycles. The maximum absolute atomic E-state index is 12.0. The Morgan fingerprint density at radius 1 is 1.35 bits per heavy atom. The maximum atomic E-state index is 12.0. The molecule has 2 aliphatic rings. The van der Waals surface area contributed by atoms with Gasteiger partial charge in [0.15, 0.2) is 0 Å². The van der Waals surface area contributed by atoms with Crippen molar-refractivity contribution in [3.05, 3.63) is 29.8 Å². The minimum atomic E-state index is -0.493. The number of likely N-dealkylation sites (tertiary alicyclic amines) is 1. The SMILES string of the molecule is COc1ccc(CN2CC3OCC(=O)N(CC(N)=O)C3C2)cc1. The molecule has 1 aromatic carbocycles. The summed E-state index contributed by atoms with van der Waals surface area (Å²) in [5.74, 6) is 0.161. The molecular formula is C16H21N3O4. The van der Waals surface area contributed by atoms with E-state index in [-0.39, 0.29) is 31.2 Å². The highest BCUT2D eigenvalue weighted by atomic mass is 16.5. The first-order chi connectivity index (χ1) is 11.1. The number of primary amides is 1. The molecule has 7 nitrogen and oxygen atoms in total. The fraction of sp³-hybridized carbons (Fsp3) is 0.500. The van der Waals surface area contributed by atoms with Crippen molar-refractivity contribution in [1.29, 1.82) is 0 Å². The second-order valence-corrected chi connectivity index (χ2v) is 5.95. The van der Waals surface area contributed by atoms with Gasteiger partial charge in [0.2, 0.25) is 11.8 Å². The van der Waals surface area contributed by atoms with E-state index in [1.54, 1.807) is 12.0 Å². The van der Waals surface area contributed by atoms with Gasteiger partial charge < -0.3 is 20.1 Å². The van der Waals surface area contributed by atoms with Crippen LogP contribution in [0.15, 0.2) is 24.3 Å². The Morgan fingerprint density at radius 2 is 2.09 bits per heavy atom. The van der Waals surface area contributed by atoms with Gasteiger partial charge >= 0.3 is 0 Å². The lowest BCUT2D eigenvalue weighted by atomic mass is 10.1. The number of carbonyl (C=O) groups excluding carboxylic acids is 2. The second kappa shape index (κ2) is 6.55. The lowest BCUT2D eigenvalue weighted by molar-refractivity contribution is -0.155.